The molecule has 5 fully saturated rings. The maximum atomic E-state index is 13.5. The van der Waals surface area contributed by atoms with E-state index >= 15 is 0 Å². The van der Waals surface area contributed by atoms with Crippen molar-refractivity contribution in [3.63, 3.8) is 0 Å². The highest BCUT2D eigenvalue weighted by Gasteiger charge is 2.76. The molecule has 0 amide bonds. The van der Waals surface area contributed by atoms with Gasteiger partial charge in [-0.15, -0.1) is 0 Å². The van der Waals surface area contributed by atoms with Crippen LogP contribution >= 0.6 is 0 Å². The molecule has 16 atom stereocenters. The zero-order valence-corrected chi connectivity index (χ0v) is 45.4. The van der Waals surface area contributed by atoms with Crippen LogP contribution in [0.25, 0.3) is 0 Å². The first-order valence-corrected chi connectivity index (χ1v) is 25.8. The summed E-state index contributed by atoms with van der Waals surface area (Å²) < 4.78 is 28.5. The molecule has 1 heterocycles. The molecule has 13 heteroatoms. The van der Waals surface area contributed by atoms with Crippen molar-refractivity contribution in [2.24, 2.45) is 56.2 Å². The predicted molar refractivity (Wildman–Crippen MR) is 267 cm³/mol. The summed E-state index contributed by atoms with van der Waals surface area (Å²) in [6, 6.07) is 0. The lowest BCUT2D eigenvalue weighted by Gasteiger charge is -2.73. The van der Waals surface area contributed by atoms with Crippen LogP contribution in [0.3, 0.4) is 0 Å². The lowest BCUT2D eigenvalue weighted by atomic mass is 9.32. The topological polar surface area (TPSA) is 195 Å². The van der Waals surface area contributed by atoms with Gasteiger partial charge in [0.05, 0.1) is 36.9 Å². The number of carbonyl (C=O) groups excluding carboxylic acids is 4. The van der Waals surface area contributed by atoms with Gasteiger partial charge in [-0.25, -0.2) is 19.2 Å². The van der Waals surface area contributed by atoms with Crippen molar-refractivity contribution in [2.45, 2.75) is 205 Å². The van der Waals surface area contributed by atoms with E-state index < -0.39 is 101 Å². The van der Waals surface area contributed by atoms with Crippen LogP contribution in [0.5, 0.6) is 0 Å². The lowest BCUT2D eigenvalue weighted by molar-refractivity contribution is -0.291. The van der Waals surface area contributed by atoms with Gasteiger partial charge in [-0.05, 0) is 141 Å². The molecule has 13 nitrogen and oxygen atoms in total. The minimum Gasteiger partial charge on any atom is -0.454 e. The molecule has 6 aliphatic rings. The molecule has 5 unspecified atom stereocenters. The predicted octanol–water partition coefficient (Wildman–Crippen LogP) is 8.86. The van der Waals surface area contributed by atoms with Crippen LogP contribution in [0.15, 0.2) is 58.2 Å². The normalized spacial score (nSPS) is 41.4. The number of rotatable bonds is 9. The molecule has 0 radical (unpaired) electrons. The van der Waals surface area contributed by atoms with Gasteiger partial charge in [0, 0.05) is 33.1 Å². The number of carbonyl (C=O) groups is 4. The number of ether oxygens (including phenoxy) is 5. The Balaban J connectivity index is 0.000000348. The fourth-order valence-corrected chi connectivity index (χ4v) is 14.0. The van der Waals surface area contributed by atoms with Crippen LogP contribution < -0.4 is 0 Å². The van der Waals surface area contributed by atoms with Crippen LogP contribution in [-0.4, -0.2) is 106 Å². The molecule has 0 aromatic heterocycles. The minimum absolute atomic E-state index is 0.0185. The van der Waals surface area contributed by atoms with Crippen LogP contribution in [0.2, 0.25) is 0 Å². The molecule has 0 bridgehead atoms. The summed E-state index contributed by atoms with van der Waals surface area (Å²) in [6.45, 7) is 33.0. The minimum atomic E-state index is -1.49. The fraction of sp³-hybridized carbons (Fsp3) is 0.754. The zero-order valence-electron chi connectivity index (χ0n) is 45.4. The number of hydrogen-bond donors (Lipinski definition) is 4. The van der Waals surface area contributed by atoms with Crippen molar-refractivity contribution >= 4 is 23.9 Å². The van der Waals surface area contributed by atoms with E-state index in [4.69, 9.17) is 23.7 Å². The van der Waals surface area contributed by atoms with E-state index in [2.05, 4.69) is 47.6 Å². The van der Waals surface area contributed by atoms with Gasteiger partial charge >= 0.3 is 23.9 Å². The SMILES string of the molecule is C/C=C(/C)C(=O)O[C@@H]1C(O)COC(C)[C@@H]1OC(=O)/C(C)=C\C.C/C=C(/C)C(=O)O[C@H]1[C@H](OC(=O)/C(C)=C\C)[C@@]2(CO)C(CC1(C)C)C1=CCC3[C@@]4(C)CC[C@H](C)C(C)(C)C4CC[C@@]3(C)[C@]1(C)[C@@H](O)[C@H]2O. The fourth-order valence-electron chi connectivity index (χ4n) is 14.0. The van der Waals surface area contributed by atoms with Gasteiger partial charge in [0.2, 0.25) is 0 Å². The summed E-state index contributed by atoms with van der Waals surface area (Å²) in [6.07, 6.45) is 6.36. The number of fused-ring (bicyclic) bond motifs is 7. The van der Waals surface area contributed by atoms with E-state index in [9.17, 15) is 39.6 Å². The Morgan fingerprint density at radius 2 is 1.16 bits per heavy atom. The largest absolute Gasteiger partial charge is 0.454 e. The van der Waals surface area contributed by atoms with E-state index in [0.717, 1.165) is 31.3 Å². The number of esters is 4. The van der Waals surface area contributed by atoms with Crippen LogP contribution in [-0.2, 0) is 42.9 Å². The first kappa shape index (κ1) is 57.3. The Morgan fingerprint density at radius 1 is 0.671 bits per heavy atom. The molecule has 4 N–H and O–H groups in total. The Labute approximate surface area is 418 Å². The van der Waals surface area contributed by atoms with E-state index in [1.807, 2.05) is 13.8 Å². The third kappa shape index (κ3) is 9.46. The van der Waals surface area contributed by atoms with Crippen LogP contribution in [0, 0.1) is 56.2 Å². The molecule has 394 valence electrons. The van der Waals surface area contributed by atoms with Gasteiger partial charge in [-0.2, -0.15) is 0 Å². The van der Waals surface area contributed by atoms with Gasteiger partial charge in [0.1, 0.15) is 12.2 Å². The average Bonchev–Trinajstić information content (AvgIpc) is 3.32. The highest BCUT2D eigenvalue weighted by molar-refractivity contribution is 5.89. The second kappa shape index (κ2) is 21.1. The molecule has 1 saturated heterocycles. The summed E-state index contributed by atoms with van der Waals surface area (Å²) in [5, 5.41) is 46.8. The Kier molecular flexibility index (Phi) is 17.3. The average molecular weight is 981 g/mol. The second-order valence-corrected chi connectivity index (χ2v) is 23.7. The van der Waals surface area contributed by atoms with Gasteiger partial charge in [-0.3, -0.25) is 0 Å². The van der Waals surface area contributed by atoms with Crippen molar-refractivity contribution in [2.75, 3.05) is 13.2 Å². The molecule has 5 aliphatic carbocycles. The molecule has 0 spiro atoms. The van der Waals surface area contributed by atoms with Crippen molar-refractivity contribution in [1.82, 2.24) is 0 Å². The standard InChI is InChI=1S/C41H64O7.C16H24O6/c1-13-23(3)34(45)47-32-33(48-35(46)24(4)14-2)41(22-42)27(21-36(32,6)7)26-15-16-29-38(10)19-17-25(5)37(8,9)28(38)18-20-39(29,11)40(26,12)30(43)31(41)44;1-6-9(3)15(18)21-13-11(5)20-8-12(17)14(13)22-16(19)10(4)7-2/h13-15,25,27-33,42-44H,16-22H2,1-12H3;6-7,11-14,17H,8H2,1-5H3/b23-13-,24-14-;9-6-,10-7-/t25-,27?,28?,29?,30-,31+,32-,33-,38-,39+,40-,41-;11?,12?,13-,14+/m00/s1. The molecular weight excluding hydrogens is 893 g/mol. The molecule has 4 saturated carbocycles. The van der Waals surface area contributed by atoms with Crippen LogP contribution in [0.1, 0.15) is 156 Å². The number of aliphatic hydroxyl groups is 4. The van der Waals surface area contributed by atoms with Crippen molar-refractivity contribution < 1.29 is 63.3 Å². The highest BCUT2D eigenvalue weighted by Crippen LogP contribution is 2.76. The molecule has 6 rings (SSSR count). The molecular formula is C57H88O13. The molecule has 0 aromatic carbocycles. The smallest absolute Gasteiger partial charge is 0.333 e. The quantitative estimate of drug-likeness (QED) is 0.0741. The maximum Gasteiger partial charge on any atom is 0.333 e. The van der Waals surface area contributed by atoms with Crippen molar-refractivity contribution in [3.8, 4) is 0 Å². The summed E-state index contributed by atoms with van der Waals surface area (Å²) in [5.41, 5.74) is -0.313. The van der Waals surface area contributed by atoms with Gasteiger partial charge in [0.15, 0.2) is 18.3 Å². The van der Waals surface area contributed by atoms with Crippen molar-refractivity contribution in [3.05, 3.63) is 58.2 Å². The van der Waals surface area contributed by atoms with E-state index in [1.165, 1.54) is 6.42 Å². The van der Waals surface area contributed by atoms with Gasteiger partial charge in [0.25, 0.3) is 0 Å². The van der Waals surface area contributed by atoms with Crippen LogP contribution in [0.4, 0.5) is 0 Å². The Morgan fingerprint density at radius 3 is 1.66 bits per heavy atom. The number of allylic oxidation sites excluding steroid dienone is 5. The maximum absolute atomic E-state index is 13.5. The summed E-state index contributed by atoms with van der Waals surface area (Å²) in [5.74, 6) is -1.12. The second-order valence-electron chi connectivity index (χ2n) is 23.7. The lowest BCUT2D eigenvalue weighted by Crippen LogP contribution is -2.76. The summed E-state index contributed by atoms with van der Waals surface area (Å²) in [7, 11) is 0. The van der Waals surface area contributed by atoms with Gasteiger partial charge < -0.3 is 44.1 Å². The third-order valence-corrected chi connectivity index (χ3v) is 19.7. The molecule has 1 aliphatic heterocycles. The van der Waals surface area contributed by atoms with Gasteiger partial charge in [-0.1, -0.05) is 91.3 Å². The zero-order chi connectivity index (χ0) is 52.9. The third-order valence-electron chi connectivity index (χ3n) is 19.7. The summed E-state index contributed by atoms with van der Waals surface area (Å²) in [4.78, 5) is 50.7. The molecule has 70 heavy (non-hydrogen) atoms. The molecule has 0 aromatic rings. The van der Waals surface area contributed by atoms with E-state index in [0.29, 0.717) is 46.5 Å². The van der Waals surface area contributed by atoms with E-state index in [1.54, 1.807) is 86.6 Å². The Hall–Kier alpha value is -3.62. The van der Waals surface area contributed by atoms with Crippen molar-refractivity contribution in [1.29, 1.82) is 0 Å². The monoisotopic (exact) mass is 981 g/mol. The highest BCUT2D eigenvalue weighted by atomic mass is 16.6. The Bertz CT molecular complexity index is 2100. The first-order valence-electron chi connectivity index (χ1n) is 25.8. The number of hydrogen-bond acceptors (Lipinski definition) is 13. The number of aliphatic hydroxyl groups excluding tert-OH is 4. The first-order chi connectivity index (χ1) is 32.5. The summed E-state index contributed by atoms with van der Waals surface area (Å²) >= 11 is 0. The van der Waals surface area contributed by atoms with E-state index in [-0.39, 0.29) is 22.9 Å².